The number of carbonyl (C=O) groups is 1. The number of anilines is 1. The maximum absolute atomic E-state index is 14.9. The lowest BCUT2D eigenvalue weighted by atomic mass is 9.91. The number of rotatable bonds is 4. The van der Waals surface area contributed by atoms with E-state index < -0.39 is 23.2 Å². The zero-order valence-electron chi connectivity index (χ0n) is 20.1. The molecule has 3 N–H and O–H groups in total. The van der Waals surface area contributed by atoms with Gasteiger partial charge in [-0.2, -0.15) is 4.39 Å². The van der Waals surface area contributed by atoms with E-state index in [-0.39, 0.29) is 23.3 Å². The lowest BCUT2D eigenvalue weighted by Crippen LogP contribution is -2.37. The second-order valence-corrected chi connectivity index (χ2v) is 10.4. The zero-order valence-corrected chi connectivity index (χ0v) is 20.1. The Kier molecular flexibility index (Phi) is 4.99. The van der Waals surface area contributed by atoms with Crippen LogP contribution < -0.4 is 11.1 Å². The fraction of sp³-hybridized carbons (Fsp3) is 0.357. The van der Waals surface area contributed by atoms with Gasteiger partial charge < -0.3 is 11.1 Å². The minimum atomic E-state index is -2.73. The molecule has 0 spiro atoms. The van der Waals surface area contributed by atoms with E-state index in [2.05, 4.69) is 15.2 Å². The number of nitrogens with two attached hydrogens (primary N) is 1. The molecule has 6 rings (SSSR count). The molecule has 2 unspecified atom stereocenters. The molecule has 1 saturated carbocycles. The number of nitrogen functional groups attached to an aromatic ring is 1. The van der Waals surface area contributed by atoms with Gasteiger partial charge >= 0.3 is 0 Å². The Labute approximate surface area is 207 Å². The Bertz CT molecular complexity index is 1390. The van der Waals surface area contributed by atoms with Crippen molar-refractivity contribution < 1.29 is 18.0 Å². The zero-order chi connectivity index (χ0) is 25.4. The topological polar surface area (TPSA) is 71.2 Å². The van der Waals surface area contributed by atoms with Crippen molar-refractivity contribution in [3.05, 3.63) is 71.2 Å². The normalized spacial score (nSPS) is 24.4. The van der Waals surface area contributed by atoms with E-state index in [1.165, 1.54) is 0 Å². The van der Waals surface area contributed by atoms with E-state index in [1.807, 2.05) is 19.9 Å². The van der Waals surface area contributed by atoms with E-state index in [1.54, 1.807) is 42.5 Å². The van der Waals surface area contributed by atoms with E-state index in [0.29, 0.717) is 48.3 Å². The van der Waals surface area contributed by atoms with Crippen molar-refractivity contribution in [3.63, 3.8) is 0 Å². The highest BCUT2D eigenvalue weighted by molar-refractivity contribution is 5.97. The summed E-state index contributed by atoms with van der Waals surface area (Å²) in [4.78, 5) is 18.1. The number of aromatic nitrogens is 1. The molecule has 0 radical (unpaired) electrons. The van der Waals surface area contributed by atoms with E-state index in [4.69, 9.17) is 5.73 Å². The van der Waals surface area contributed by atoms with Gasteiger partial charge in [0.25, 0.3) is 11.8 Å². The van der Waals surface area contributed by atoms with Gasteiger partial charge in [0, 0.05) is 42.4 Å². The van der Waals surface area contributed by atoms with Gasteiger partial charge in [0.15, 0.2) is 0 Å². The van der Waals surface area contributed by atoms with Gasteiger partial charge in [-0.3, -0.25) is 9.69 Å². The standard InChI is InChI=1S/C28H27F3N4O/c1-15(2)35-13-23-27(14-35,28(23,30)31)19-6-3-16(4-7-19)21-12-22(25(32)34-24(21)29)17-5-8-20-18(11-17)9-10-33-26(20)36/h3-8,11-12,15,23H,9-10,13-14H2,1-2H3,(H2,32,34)(H,33,36). The Morgan fingerprint density at radius 3 is 2.50 bits per heavy atom. The van der Waals surface area contributed by atoms with Crippen molar-refractivity contribution in [3.8, 4) is 22.3 Å². The quantitative estimate of drug-likeness (QED) is 0.520. The minimum absolute atomic E-state index is 0.0483. The number of halogens is 3. The van der Waals surface area contributed by atoms with Gasteiger partial charge in [0.1, 0.15) is 5.82 Å². The van der Waals surface area contributed by atoms with Crippen molar-refractivity contribution in [2.45, 2.75) is 37.6 Å². The molecule has 3 aromatic rings. The highest BCUT2D eigenvalue weighted by Gasteiger charge is 2.84. The van der Waals surface area contributed by atoms with Crippen LogP contribution in [0, 0.1) is 11.9 Å². The summed E-state index contributed by atoms with van der Waals surface area (Å²) in [6, 6.07) is 14.0. The number of hydrogen-bond acceptors (Lipinski definition) is 4. The second-order valence-electron chi connectivity index (χ2n) is 10.4. The third-order valence-electron chi connectivity index (χ3n) is 8.20. The van der Waals surface area contributed by atoms with Gasteiger partial charge in [0.05, 0.1) is 11.3 Å². The molecule has 1 amide bonds. The molecule has 3 aliphatic rings. The number of carbonyl (C=O) groups excluding carboxylic acids is 1. The lowest BCUT2D eigenvalue weighted by molar-refractivity contribution is 0.0383. The van der Waals surface area contributed by atoms with Crippen LogP contribution in [0.2, 0.25) is 0 Å². The maximum Gasteiger partial charge on any atom is 0.264 e. The lowest BCUT2D eigenvalue weighted by Gasteiger charge is -2.27. The molecule has 1 saturated heterocycles. The summed E-state index contributed by atoms with van der Waals surface area (Å²) in [5.74, 6) is -4.21. The summed E-state index contributed by atoms with van der Waals surface area (Å²) >= 11 is 0. The Morgan fingerprint density at radius 1 is 1.06 bits per heavy atom. The van der Waals surface area contributed by atoms with Crippen LogP contribution in [0.5, 0.6) is 0 Å². The number of piperidine rings is 1. The minimum Gasteiger partial charge on any atom is -0.383 e. The largest absolute Gasteiger partial charge is 0.383 e. The van der Waals surface area contributed by atoms with Gasteiger partial charge in [-0.1, -0.05) is 36.4 Å². The van der Waals surface area contributed by atoms with Crippen molar-refractivity contribution in [1.29, 1.82) is 0 Å². The van der Waals surface area contributed by atoms with Crippen LogP contribution in [0.1, 0.15) is 35.3 Å². The number of alkyl halides is 2. The summed E-state index contributed by atoms with van der Waals surface area (Å²) in [5, 5.41) is 2.81. The number of pyridine rings is 1. The number of hydrogen-bond donors (Lipinski definition) is 2. The third-order valence-corrected chi connectivity index (χ3v) is 8.20. The molecule has 1 aliphatic carbocycles. The van der Waals surface area contributed by atoms with Crippen molar-refractivity contribution in [2.75, 3.05) is 25.4 Å². The third kappa shape index (κ3) is 3.20. The van der Waals surface area contributed by atoms with Crippen LogP contribution in [-0.4, -0.2) is 47.4 Å². The van der Waals surface area contributed by atoms with Gasteiger partial charge in [-0.25, -0.2) is 13.8 Å². The monoisotopic (exact) mass is 492 g/mol. The average Bonchev–Trinajstić information content (AvgIpc) is 3.14. The van der Waals surface area contributed by atoms with Crippen LogP contribution in [0.15, 0.2) is 48.5 Å². The molecule has 186 valence electrons. The number of nitrogens with one attached hydrogen (secondary N) is 1. The number of nitrogens with zero attached hydrogens (tertiary/aromatic N) is 2. The molecule has 2 atom stereocenters. The molecule has 2 aliphatic heterocycles. The Balaban J connectivity index is 1.35. The molecule has 3 heterocycles. The fourth-order valence-corrected chi connectivity index (χ4v) is 6.00. The van der Waals surface area contributed by atoms with Crippen LogP contribution >= 0.6 is 0 Å². The highest BCUT2D eigenvalue weighted by atomic mass is 19.3. The van der Waals surface area contributed by atoms with Crippen molar-refractivity contribution >= 4 is 11.7 Å². The van der Waals surface area contributed by atoms with Gasteiger partial charge in [0.2, 0.25) is 5.95 Å². The van der Waals surface area contributed by atoms with Crippen LogP contribution in [0.3, 0.4) is 0 Å². The number of fused-ring (bicyclic) bond motifs is 2. The molecule has 1 aromatic heterocycles. The molecule has 0 bridgehead atoms. The molecular formula is C28H27F3N4O. The van der Waals surface area contributed by atoms with Crippen LogP contribution in [-0.2, 0) is 11.8 Å². The van der Waals surface area contributed by atoms with Crippen molar-refractivity contribution in [2.24, 2.45) is 5.92 Å². The number of amides is 1. The van der Waals surface area contributed by atoms with Crippen LogP contribution in [0.4, 0.5) is 19.0 Å². The second kappa shape index (κ2) is 7.80. The summed E-state index contributed by atoms with van der Waals surface area (Å²) in [6.45, 7) is 5.30. The molecule has 8 heteroatoms. The molecule has 2 aromatic carbocycles. The van der Waals surface area contributed by atoms with Crippen molar-refractivity contribution in [1.82, 2.24) is 15.2 Å². The predicted octanol–water partition coefficient (Wildman–Crippen LogP) is 4.65. The highest BCUT2D eigenvalue weighted by Crippen LogP contribution is 2.70. The smallest absolute Gasteiger partial charge is 0.264 e. The predicted molar refractivity (Wildman–Crippen MR) is 132 cm³/mol. The first-order valence-electron chi connectivity index (χ1n) is 12.2. The Hall–Kier alpha value is -3.39. The summed E-state index contributed by atoms with van der Waals surface area (Å²) in [7, 11) is 0. The van der Waals surface area contributed by atoms with Gasteiger partial charge in [-0.05, 0) is 54.7 Å². The summed E-state index contributed by atoms with van der Waals surface area (Å²) in [5.41, 5.74) is 9.09. The fourth-order valence-electron chi connectivity index (χ4n) is 6.00. The molecule has 5 nitrogen and oxygen atoms in total. The first-order valence-corrected chi connectivity index (χ1v) is 12.2. The first-order chi connectivity index (χ1) is 17.1. The van der Waals surface area contributed by atoms with Gasteiger partial charge in [-0.15, -0.1) is 0 Å². The average molecular weight is 493 g/mol. The van der Waals surface area contributed by atoms with E-state index in [9.17, 15) is 18.0 Å². The number of benzene rings is 2. The van der Waals surface area contributed by atoms with E-state index in [0.717, 1.165) is 11.1 Å². The summed E-state index contributed by atoms with van der Waals surface area (Å²) in [6.07, 6.45) is 0.694. The van der Waals surface area contributed by atoms with Crippen LogP contribution in [0.25, 0.3) is 22.3 Å². The SMILES string of the molecule is CC(C)N1CC2C(F)(F)C2(c2ccc(-c3cc(-c4ccc5c(c4)CCNC5=O)c(N)nc3F)cc2)C1. The Morgan fingerprint density at radius 2 is 1.78 bits per heavy atom. The van der Waals surface area contributed by atoms with E-state index >= 15 is 0 Å². The maximum atomic E-state index is 14.9. The molecule has 36 heavy (non-hydrogen) atoms. The summed E-state index contributed by atoms with van der Waals surface area (Å²) < 4.78 is 44.5. The number of likely N-dealkylation sites (tertiary alicyclic amines) is 1. The molecule has 2 fully saturated rings. The first kappa shape index (κ1) is 23.0. The molecular weight excluding hydrogens is 465 g/mol.